The van der Waals surface area contributed by atoms with Gasteiger partial charge >= 0.3 is 6.03 Å². The quantitative estimate of drug-likeness (QED) is 0.785. The van der Waals surface area contributed by atoms with Crippen molar-refractivity contribution in [2.45, 2.75) is 51.6 Å². The summed E-state index contributed by atoms with van der Waals surface area (Å²) in [6.07, 6.45) is 7.19. The lowest BCUT2D eigenvalue weighted by molar-refractivity contribution is 0.202. The van der Waals surface area contributed by atoms with Crippen molar-refractivity contribution >= 4 is 11.7 Å². The van der Waals surface area contributed by atoms with Gasteiger partial charge in [-0.1, -0.05) is 18.2 Å². The average molecular weight is 370 g/mol. The second kappa shape index (κ2) is 9.49. The molecule has 146 valence electrons. The molecule has 1 fully saturated rings. The van der Waals surface area contributed by atoms with Gasteiger partial charge in [0.05, 0.1) is 6.26 Å². The molecule has 1 aliphatic rings. The van der Waals surface area contributed by atoms with E-state index in [1.54, 1.807) is 11.2 Å². The Morgan fingerprint density at radius 3 is 2.70 bits per heavy atom. The molecule has 0 spiro atoms. The van der Waals surface area contributed by atoms with Crippen molar-refractivity contribution in [2.24, 2.45) is 0 Å². The number of piperidine rings is 1. The van der Waals surface area contributed by atoms with E-state index >= 15 is 0 Å². The summed E-state index contributed by atoms with van der Waals surface area (Å²) in [6.45, 7) is 4.87. The molecule has 0 radical (unpaired) electrons. The zero-order valence-corrected chi connectivity index (χ0v) is 16.5. The number of rotatable bonds is 7. The first-order chi connectivity index (χ1) is 13.1. The number of anilines is 1. The van der Waals surface area contributed by atoms with Crippen LogP contribution in [0.15, 0.2) is 47.1 Å². The number of furan rings is 1. The van der Waals surface area contributed by atoms with Gasteiger partial charge in [0.25, 0.3) is 0 Å². The first-order valence-electron chi connectivity index (χ1n) is 10.0. The van der Waals surface area contributed by atoms with E-state index in [9.17, 15) is 4.79 Å². The van der Waals surface area contributed by atoms with E-state index in [2.05, 4.69) is 34.5 Å². The number of hydrogen-bond donors (Lipinski definition) is 1. The molecule has 1 N–H and O–H groups in total. The first kappa shape index (κ1) is 19.3. The molecule has 5 nitrogen and oxygen atoms in total. The smallest absolute Gasteiger partial charge is 0.317 e. The van der Waals surface area contributed by atoms with Gasteiger partial charge in [0.2, 0.25) is 0 Å². The van der Waals surface area contributed by atoms with E-state index in [1.807, 2.05) is 26.1 Å². The molecule has 1 aromatic carbocycles. The Morgan fingerprint density at radius 2 is 1.96 bits per heavy atom. The molecule has 5 heteroatoms. The molecular formula is C22H31N3O2. The van der Waals surface area contributed by atoms with Crippen molar-refractivity contribution in [3.63, 3.8) is 0 Å². The summed E-state index contributed by atoms with van der Waals surface area (Å²) in [6, 6.07) is 12.4. The monoisotopic (exact) mass is 369 g/mol. The number of benzene rings is 1. The zero-order valence-electron chi connectivity index (χ0n) is 16.5. The molecule has 2 amide bonds. The third-order valence-electron chi connectivity index (χ3n) is 5.22. The summed E-state index contributed by atoms with van der Waals surface area (Å²) in [5.74, 6) is 0.958. The van der Waals surface area contributed by atoms with Crippen LogP contribution in [0.4, 0.5) is 10.5 Å². The molecule has 1 atom stereocenters. The maximum atomic E-state index is 12.6. The molecule has 27 heavy (non-hydrogen) atoms. The van der Waals surface area contributed by atoms with Crippen LogP contribution in [0.3, 0.4) is 0 Å². The minimum atomic E-state index is -0.0320. The third kappa shape index (κ3) is 5.52. The summed E-state index contributed by atoms with van der Waals surface area (Å²) in [5.41, 5.74) is 2.48. The highest BCUT2D eigenvalue weighted by atomic mass is 16.3. The molecule has 1 aromatic heterocycles. The number of nitrogens with zero attached hydrogens (tertiary/aromatic N) is 2. The normalized spacial score (nSPS) is 15.4. The van der Waals surface area contributed by atoms with Gasteiger partial charge in [-0.15, -0.1) is 0 Å². The largest absolute Gasteiger partial charge is 0.469 e. The van der Waals surface area contributed by atoms with Crippen LogP contribution in [-0.4, -0.2) is 37.1 Å². The molecule has 2 aromatic rings. The number of urea groups is 1. The third-order valence-corrected chi connectivity index (χ3v) is 5.22. The van der Waals surface area contributed by atoms with Crippen LogP contribution < -0.4 is 10.2 Å². The van der Waals surface area contributed by atoms with Gasteiger partial charge in [0.1, 0.15) is 5.76 Å². The van der Waals surface area contributed by atoms with Crippen molar-refractivity contribution in [1.82, 2.24) is 10.2 Å². The Morgan fingerprint density at radius 1 is 1.19 bits per heavy atom. The lowest BCUT2D eigenvalue weighted by atomic mass is 10.1. The van der Waals surface area contributed by atoms with Crippen LogP contribution >= 0.6 is 0 Å². The predicted molar refractivity (Wildman–Crippen MR) is 109 cm³/mol. The average Bonchev–Trinajstić information content (AvgIpc) is 3.21. The summed E-state index contributed by atoms with van der Waals surface area (Å²) < 4.78 is 5.36. The molecule has 0 aliphatic carbocycles. The molecule has 0 bridgehead atoms. The van der Waals surface area contributed by atoms with E-state index in [4.69, 9.17) is 4.42 Å². The fourth-order valence-electron chi connectivity index (χ4n) is 3.62. The fraction of sp³-hybridized carbons (Fsp3) is 0.500. The molecule has 3 rings (SSSR count). The van der Waals surface area contributed by atoms with Crippen LogP contribution in [0, 0.1) is 0 Å². The van der Waals surface area contributed by atoms with Crippen LogP contribution in [0.25, 0.3) is 0 Å². The Hall–Kier alpha value is -2.43. The highest BCUT2D eigenvalue weighted by molar-refractivity contribution is 5.74. The topological polar surface area (TPSA) is 48.7 Å². The van der Waals surface area contributed by atoms with Crippen molar-refractivity contribution in [1.29, 1.82) is 0 Å². The number of carbonyl (C=O) groups excluding carboxylic acids is 1. The minimum absolute atomic E-state index is 0.0320. The summed E-state index contributed by atoms with van der Waals surface area (Å²) in [7, 11) is 1.86. The zero-order chi connectivity index (χ0) is 19.1. The fourth-order valence-corrected chi connectivity index (χ4v) is 3.62. The van der Waals surface area contributed by atoms with Gasteiger partial charge in [-0.25, -0.2) is 4.79 Å². The van der Waals surface area contributed by atoms with Gasteiger partial charge in [0, 0.05) is 44.8 Å². The summed E-state index contributed by atoms with van der Waals surface area (Å²) in [5, 5.41) is 3.09. The number of hydrogen-bond acceptors (Lipinski definition) is 3. The van der Waals surface area contributed by atoms with Crippen LogP contribution in [0.2, 0.25) is 0 Å². The van der Waals surface area contributed by atoms with E-state index in [0.29, 0.717) is 6.54 Å². The number of para-hydroxylation sites is 1. The highest BCUT2D eigenvalue weighted by Crippen LogP contribution is 2.25. The van der Waals surface area contributed by atoms with Gasteiger partial charge in [0.15, 0.2) is 0 Å². The molecule has 1 aliphatic heterocycles. The molecule has 1 saturated heterocycles. The van der Waals surface area contributed by atoms with Crippen molar-refractivity contribution in [2.75, 3.05) is 25.0 Å². The van der Waals surface area contributed by atoms with Crippen molar-refractivity contribution < 1.29 is 9.21 Å². The standard InChI is InChI=1S/C22H31N3O2/c1-18(12-13-20-10-8-16-27-20)23-22(26)24(2)17-19-9-4-5-11-21(19)25-14-6-3-7-15-25/h4-5,8-11,16,18H,3,6-7,12-15,17H2,1-2H3,(H,23,26)/t18-/m0/s1. The Bertz CT molecular complexity index is 708. The summed E-state index contributed by atoms with van der Waals surface area (Å²) in [4.78, 5) is 16.8. The SMILES string of the molecule is C[C@@H](CCc1ccco1)NC(=O)N(C)Cc1ccccc1N1CCCCC1. The van der Waals surface area contributed by atoms with Gasteiger partial charge in [-0.2, -0.15) is 0 Å². The molecule has 0 unspecified atom stereocenters. The first-order valence-corrected chi connectivity index (χ1v) is 10.0. The second-order valence-electron chi connectivity index (χ2n) is 7.50. The Balaban J connectivity index is 1.53. The van der Waals surface area contributed by atoms with Gasteiger partial charge in [-0.05, 0) is 56.4 Å². The highest BCUT2D eigenvalue weighted by Gasteiger charge is 2.17. The van der Waals surface area contributed by atoms with E-state index in [-0.39, 0.29) is 12.1 Å². The molecular weight excluding hydrogens is 338 g/mol. The van der Waals surface area contributed by atoms with E-state index in [1.165, 1.54) is 30.5 Å². The number of aryl methyl sites for hydroxylation is 1. The lowest BCUT2D eigenvalue weighted by Gasteiger charge is -2.31. The van der Waals surface area contributed by atoms with Gasteiger partial charge in [-0.3, -0.25) is 0 Å². The second-order valence-corrected chi connectivity index (χ2v) is 7.50. The predicted octanol–water partition coefficient (Wildman–Crippen LogP) is 4.43. The molecule has 0 saturated carbocycles. The van der Waals surface area contributed by atoms with Crippen molar-refractivity contribution in [3.05, 3.63) is 54.0 Å². The maximum absolute atomic E-state index is 12.6. The van der Waals surface area contributed by atoms with Crippen LogP contribution in [0.1, 0.15) is 43.9 Å². The van der Waals surface area contributed by atoms with Crippen LogP contribution in [-0.2, 0) is 13.0 Å². The maximum Gasteiger partial charge on any atom is 0.317 e. The summed E-state index contributed by atoms with van der Waals surface area (Å²) >= 11 is 0. The van der Waals surface area contributed by atoms with E-state index < -0.39 is 0 Å². The number of nitrogens with one attached hydrogen (secondary N) is 1. The Kier molecular flexibility index (Phi) is 6.80. The van der Waals surface area contributed by atoms with Crippen molar-refractivity contribution in [3.8, 4) is 0 Å². The van der Waals surface area contributed by atoms with Gasteiger partial charge < -0.3 is 19.5 Å². The minimum Gasteiger partial charge on any atom is -0.469 e. The van der Waals surface area contributed by atoms with Crippen LogP contribution in [0.5, 0.6) is 0 Å². The van der Waals surface area contributed by atoms with E-state index in [0.717, 1.165) is 31.7 Å². The molecule has 2 heterocycles. The lowest BCUT2D eigenvalue weighted by Crippen LogP contribution is -2.42. The number of amides is 2. The Labute approximate surface area is 162 Å². The number of carbonyl (C=O) groups is 1.